The summed E-state index contributed by atoms with van der Waals surface area (Å²) in [4.78, 5) is 21.9. The highest BCUT2D eigenvalue weighted by atomic mass is 16.4. The van der Waals surface area contributed by atoms with Crippen molar-refractivity contribution in [3.63, 3.8) is 0 Å². The van der Waals surface area contributed by atoms with E-state index in [1.165, 1.54) is 6.42 Å². The molecule has 0 aliphatic heterocycles. The molecule has 6 heteroatoms. The van der Waals surface area contributed by atoms with Crippen LogP contribution in [0.4, 0.5) is 4.79 Å². The third-order valence-electron chi connectivity index (χ3n) is 2.73. The van der Waals surface area contributed by atoms with Crippen molar-refractivity contribution in [2.45, 2.75) is 44.2 Å². The predicted molar refractivity (Wildman–Crippen MR) is 57.1 cm³/mol. The smallest absolute Gasteiger partial charge is 0.328 e. The van der Waals surface area contributed by atoms with Crippen LogP contribution in [0.2, 0.25) is 0 Å². The second-order valence-corrected chi connectivity index (χ2v) is 4.03. The highest BCUT2D eigenvalue weighted by Crippen LogP contribution is 2.17. The van der Waals surface area contributed by atoms with Gasteiger partial charge in [-0.3, -0.25) is 0 Å². The zero-order valence-corrected chi connectivity index (χ0v) is 9.11. The van der Waals surface area contributed by atoms with Crippen molar-refractivity contribution >= 4 is 12.0 Å². The first-order valence-electron chi connectivity index (χ1n) is 5.54. The molecule has 0 radical (unpaired) electrons. The standard InChI is InChI=1S/C10H18N2O4/c13-6-8(9(14)15)12-10(16)11-7-4-2-1-3-5-7/h7-8,13H,1-6H2,(H,14,15)(H2,11,12,16)/t8-/m1/s1. The van der Waals surface area contributed by atoms with Crippen LogP contribution in [0, 0.1) is 0 Å². The molecular formula is C10H18N2O4. The number of urea groups is 1. The first-order valence-corrected chi connectivity index (χ1v) is 5.54. The Bertz CT molecular complexity index is 251. The highest BCUT2D eigenvalue weighted by molar-refractivity contribution is 5.82. The average molecular weight is 230 g/mol. The Kier molecular flexibility index (Phi) is 5.04. The molecule has 1 fully saturated rings. The van der Waals surface area contributed by atoms with Crippen LogP contribution in [-0.2, 0) is 4.79 Å². The lowest BCUT2D eigenvalue weighted by Gasteiger charge is -2.23. The fourth-order valence-corrected chi connectivity index (χ4v) is 1.82. The predicted octanol–water partition coefficient (Wildman–Crippen LogP) is 0.0638. The Morgan fingerprint density at radius 3 is 2.38 bits per heavy atom. The van der Waals surface area contributed by atoms with Crippen LogP contribution in [0.5, 0.6) is 0 Å². The lowest BCUT2D eigenvalue weighted by Crippen LogP contribution is -2.50. The molecule has 1 aliphatic rings. The van der Waals surface area contributed by atoms with Crippen LogP contribution in [0.3, 0.4) is 0 Å². The van der Waals surface area contributed by atoms with Gasteiger partial charge < -0.3 is 20.8 Å². The first-order chi connectivity index (χ1) is 7.63. The van der Waals surface area contributed by atoms with Crippen LogP contribution in [0.15, 0.2) is 0 Å². The summed E-state index contributed by atoms with van der Waals surface area (Å²) in [6.45, 7) is -0.604. The van der Waals surface area contributed by atoms with Gasteiger partial charge in [-0.25, -0.2) is 9.59 Å². The molecule has 0 heterocycles. The topological polar surface area (TPSA) is 98.7 Å². The molecule has 0 saturated heterocycles. The third kappa shape index (κ3) is 4.06. The number of carboxylic acid groups (broad SMARTS) is 1. The van der Waals surface area contributed by atoms with E-state index in [9.17, 15) is 9.59 Å². The Balaban J connectivity index is 2.31. The third-order valence-corrected chi connectivity index (χ3v) is 2.73. The number of nitrogens with one attached hydrogen (secondary N) is 2. The van der Waals surface area contributed by atoms with Gasteiger partial charge in [0.05, 0.1) is 6.61 Å². The molecule has 0 aromatic rings. The summed E-state index contributed by atoms with van der Waals surface area (Å²) >= 11 is 0. The highest BCUT2D eigenvalue weighted by Gasteiger charge is 2.21. The van der Waals surface area contributed by atoms with Crippen molar-refractivity contribution in [2.24, 2.45) is 0 Å². The maximum absolute atomic E-state index is 11.4. The molecule has 0 aromatic carbocycles. The van der Waals surface area contributed by atoms with E-state index < -0.39 is 24.6 Å². The SMILES string of the molecule is O=C(NC1CCCCC1)N[C@H](CO)C(=O)O. The molecule has 0 unspecified atom stereocenters. The summed E-state index contributed by atoms with van der Waals surface area (Å²) in [5.41, 5.74) is 0. The summed E-state index contributed by atoms with van der Waals surface area (Å²) in [6.07, 6.45) is 5.24. The van der Waals surface area contributed by atoms with Crippen LogP contribution in [0.1, 0.15) is 32.1 Å². The molecule has 92 valence electrons. The number of hydrogen-bond donors (Lipinski definition) is 4. The molecule has 0 spiro atoms. The van der Waals surface area contributed by atoms with Gasteiger partial charge in [0.1, 0.15) is 0 Å². The number of aliphatic hydroxyl groups is 1. The van der Waals surface area contributed by atoms with E-state index in [0.29, 0.717) is 0 Å². The Morgan fingerprint density at radius 1 is 1.25 bits per heavy atom. The van der Waals surface area contributed by atoms with Crippen molar-refractivity contribution in [1.82, 2.24) is 10.6 Å². The molecule has 16 heavy (non-hydrogen) atoms. The molecule has 1 aliphatic carbocycles. The van der Waals surface area contributed by atoms with Crippen molar-refractivity contribution in [3.8, 4) is 0 Å². The number of carboxylic acids is 1. The quantitative estimate of drug-likeness (QED) is 0.549. The summed E-state index contributed by atoms with van der Waals surface area (Å²) < 4.78 is 0. The number of amides is 2. The molecule has 0 bridgehead atoms. The van der Waals surface area contributed by atoms with Gasteiger partial charge in [-0.15, -0.1) is 0 Å². The van der Waals surface area contributed by atoms with Crippen LogP contribution >= 0.6 is 0 Å². The molecule has 6 nitrogen and oxygen atoms in total. The number of rotatable bonds is 4. The zero-order chi connectivity index (χ0) is 12.0. The minimum Gasteiger partial charge on any atom is -0.480 e. The lowest BCUT2D eigenvalue weighted by molar-refractivity contribution is -0.140. The maximum Gasteiger partial charge on any atom is 0.328 e. The van der Waals surface area contributed by atoms with E-state index in [4.69, 9.17) is 10.2 Å². The Labute approximate surface area is 94.0 Å². The molecule has 0 aromatic heterocycles. The van der Waals surface area contributed by atoms with E-state index in [2.05, 4.69) is 10.6 Å². The minimum atomic E-state index is -1.23. The monoisotopic (exact) mass is 230 g/mol. The second-order valence-electron chi connectivity index (χ2n) is 4.03. The van der Waals surface area contributed by atoms with Gasteiger partial charge in [0.25, 0.3) is 0 Å². The van der Waals surface area contributed by atoms with Crippen molar-refractivity contribution in [2.75, 3.05) is 6.61 Å². The zero-order valence-electron chi connectivity index (χ0n) is 9.11. The minimum absolute atomic E-state index is 0.127. The summed E-state index contributed by atoms with van der Waals surface area (Å²) in [5, 5.41) is 22.3. The van der Waals surface area contributed by atoms with E-state index >= 15 is 0 Å². The van der Waals surface area contributed by atoms with Crippen LogP contribution in [-0.4, -0.2) is 40.9 Å². The average Bonchev–Trinajstić information content (AvgIpc) is 2.27. The largest absolute Gasteiger partial charge is 0.480 e. The normalized spacial score (nSPS) is 18.8. The first kappa shape index (κ1) is 12.8. The number of carbonyl (C=O) groups is 2. The molecule has 1 rings (SSSR count). The van der Waals surface area contributed by atoms with Gasteiger partial charge in [-0.1, -0.05) is 19.3 Å². The van der Waals surface area contributed by atoms with Crippen molar-refractivity contribution < 1.29 is 19.8 Å². The van der Waals surface area contributed by atoms with Crippen LogP contribution < -0.4 is 10.6 Å². The molecule has 1 saturated carbocycles. The fourth-order valence-electron chi connectivity index (χ4n) is 1.82. The van der Waals surface area contributed by atoms with E-state index in [1.54, 1.807) is 0 Å². The van der Waals surface area contributed by atoms with Crippen molar-refractivity contribution in [1.29, 1.82) is 0 Å². The second kappa shape index (κ2) is 6.32. The number of hydrogen-bond acceptors (Lipinski definition) is 3. The van der Waals surface area contributed by atoms with Gasteiger partial charge in [-0.2, -0.15) is 0 Å². The lowest BCUT2D eigenvalue weighted by atomic mass is 9.96. The van der Waals surface area contributed by atoms with Gasteiger partial charge in [-0.05, 0) is 12.8 Å². The number of aliphatic hydroxyl groups excluding tert-OH is 1. The summed E-state index contributed by atoms with van der Waals surface area (Å²) in [7, 11) is 0. The van der Waals surface area contributed by atoms with Gasteiger partial charge in [0.2, 0.25) is 0 Å². The van der Waals surface area contributed by atoms with Crippen LogP contribution in [0.25, 0.3) is 0 Å². The van der Waals surface area contributed by atoms with Gasteiger partial charge in [0.15, 0.2) is 6.04 Å². The van der Waals surface area contributed by atoms with Gasteiger partial charge >= 0.3 is 12.0 Å². The summed E-state index contributed by atoms with van der Waals surface area (Å²) in [5.74, 6) is -1.23. The Hall–Kier alpha value is -1.30. The van der Waals surface area contributed by atoms with E-state index in [-0.39, 0.29) is 6.04 Å². The Morgan fingerprint density at radius 2 is 1.88 bits per heavy atom. The fraction of sp³-hybridized carbons (Fsp3) is 0.800. The van der Waals surface area contributed by atoms with E-state index in [0.717, 1.165) is 25.7 Å². The molecule has 2 amide bonds. The molecular weight excluding hydrogens is 212 g/mol. The van der Waals surface area contributed by atoms with Crippen molar-refractivity contribution in [3.05, 3.63) is 0 Å². The van der Waals surface area contributed by atoms with E-state index in [1.807, 2.05) is 0 Å². The molecule has 4 N–H and O–H groups in total. The van der Waals surface area contributed by atoms with Gasteiger partial charge in [0, 0.05) is 6.04 Å². The number of carbonyl (C=O) groups excluding carboxylic acids is 1. The number of aliphatic carboxylic acids is 1. The summed E-state index contributed by atoms with van der Waals surface area (Å²) in [6, 6.07) is -1.63. The molecule has 1 atom stereocenters. The maximum atomic E-state index is 11.4.